The average Bonchev–Trinajstić information content (AvgIpc) is 2.78. The Labute approximate surface area is 181 Å². The quantitative estimate of drug-likeness (QED) is 0.559. The van der Waals surface area contributed by atoms with Crippen molar-refractivity contribution in [2.45, 2.75) is 43.5 Å². The van der Waals surface area contributed by atoms with Crippen LogP contribution in [0.15, 0.2) is 47.4 Å². The summed E-state index contributed by atoms with van der Waals surface area (Å²) >= 11 is 0. The van der Waals surface area contributed by atoms with Crippen LogP contribution in [-0.2, 0) is 21.1 Å². The first-order valence-electron chi connectivity index (χ1n) is 10.5. The Balaban J connectivity index is 1.58. The Morgan fingerprint density at radius 2 is 1.94 bits per heavy atom. The maximum Gasteiger partial charge on any atom is 0.269 e. The molecule has 0 radical (unpaired) electrons. The molecule has 0 spiro atoms. The van der Waals surface area contributed by atoms with Gasteiger partial charge < -0.3 is 10.2 Å². The summed E-state index contributed by atoms with van der Waals surface area (Å²) in [6.45, 7) is 2.41. The van der Waals surface area contributed by atoms with Crippen LogP contribution in [0.5, 0.6) is 0 Å². The molecule has 1 saturated heterocycles. The zero-order valence-electron chi connectivity index (χ0n) is 17.3. The largest absolute Gasteiger partial charge is 0.368 e. The molecule has 8 nitrogen and oxygen atoms in total. The van der Waals surface area contributed by atoms with Crippen LogP contribution in [0.25, 0.3) is 0 Å². The van der Waals surface area contributed by atoms with Gasteiger partial charge in [0.1, 0.15) is 0 Å². The van der Waals surface area contributed by atoms with Crippen molar-refractivity contribution in [3.63, 3.8) is 0 Å². The van der Waals surface area contributed by atoms with Crippen LogP contribution < -0.4 is 10.2 Å². The first-order valence-corrected chi connectivity index (χ1v) is 12.1. The number of fused-ring (bicyclic) bond motifs is 3. The van der Waals surface area contributed by atoms with Crippen molar-refractivity contribution in [1.29, 1.82) is 0 Å². The molecule has 0 saturated carbocycles. The van der Waals surface area contributed by atoms with Crippen molar-refractivity contribution in [2.75, 3.05) is 22.5 Å². The summed E-state index contributed by atoms with van der Waals surface area (Å²) in [5.74, 6) is -0.474. The maximum atomic E-state index is 13.2. The highest BCUT2D eigenvalue weighted by molar-refractivity contribution is 7.91. The van der Waals surface area contributed by atoms with Gasteiger partial charge in [-0.15, -0.1) is 0 Å². The molecule has 4 rings (SSSR count). The van der Waals surface area contributed by atoms with Gasteiger partial charge in [0.15, 0.2) is 9.84 Å². The van der Waals surface area contributed by atoms with E-state index in [4.69, 9.17) is 0 Å². The van der Waals surface area contributed by atoms with Crippen molar-refractivity contribution < 1.29 is 18.1 Å². The van der Waals surface area contributed by atoms with E-state index < -0.39 is 14.8 Å². The first kappa shape index (κ1) is 21.3. The summed E-state index contributed by atoms with van der Waals surface area (Å²) in [5, 5.41) is 14.1. The van der Waals surface area contributed by atoms with Crippen LogP contribution in [-0.4, -0.2) is 37.6 Å². The Hall–Kier alpha value is -2.94. The SMILES string of the molecule is CCS(=O)(=O)c1ccc(NC(=O)C2Cc3cc([N+](=O)[O-])ccc3N3CCCCC23)cc1. The second kappa shape index (κ2) is 8.30. The highest BCUT2D eigenvalue weighted by atomic mass is 32.2. The molecule has 1 fully saturated rings. The highest BCUT2D eigenvalue weighted by Gasteiger charge is 2.40. The van der Waals surface area contributed by atoms with Gasteiger partial charge in [-0.2, -0.15) is 0 Å². The van der Waals surface area contributed by atoms with E-state index in [0.29, 0.717) is 12.1 Å². The van der Waals surface area contributed by atoms with Crippen molar-refractivity contribution in [3.05, 3.63) is 58.1 Å². The fraction of sp³-hybridized carbons (Fsp3) is 0.409. The predicted octanol–water partition coefficient (Wildman–Crippen LogP) is 3.56. The van der Waals surface area contributed by atoms with Crippen LogP contribution in [0.3, 0.4) is 0 Å². The van der Waals surface area contributed by atoms with Gasteiger partial charge in [-0.25, -0.2) is 8.42 Å². The monoisotopic (exact) mass is 443 g/mol. The molecule has 1 amide bonds. The summed E-state index contributed by atoms with van der Waals surface area (Å²) in [4.78, 5) is 26.4. The number of rotatable bonds is 5. The lowest BCUT2D eigenvalue weighted by atomic mass is 9.80. The molecule has 1 N–H and O–H groups in total. The lowest BCUT2D eigenvalue weighted by molar-refractivity contribution is -0.384. The van der Waals surface area contributed by atoms with Crippen molar-refractivity contribution >= 4 is 32.8 Å². The Bertz CT molecular complexity index is 1110. The minimum Gasteiger partial charge on any atom is -0.368 e. The van der Waals surface area contributed by atoms with E-state index in [2.05, 4.69) is 10.2 Å². The minimum absolute atomic E-state index is 0.0177. The molecule has 2 aliphatic heterocycles. The number of sulfone groups is 1. The second-order valence-electron chi connectivity index (χ2n) is 8.05. The fourth-order valence-corrected chi connectivity index (χ4v) is 5.48. The number of nitro benzene ring substituents is 1. The number of hydrogen-bond acceptors (Lipinski definition) is 6. The third kappa shape index (κ3) is 4.14. The number of nitrogens with zero attached hydrogens (tertiary/aromatic N) is 2. The van der Waals surface area contributed by atoms with Crippen molar-refractivity contribution in [3.8, 4) is 0 Å². The van der Waals surface area contributed by atoms with E-state index in [1.165, 1.54) is 18.2 Å². The Morgan fingerprint density at radius 1 is 1.19 bits per heavy atom. The van der Waals surface area contributed by atoms with Crippen LogP contribution in [0.4, 0.5) is 17.1 Å². The van der Waals surface area contributed by atoms with E-state index in [9.17, 15) is 23.3 Å². The molecule has 0 bridgehead atoms. The minimum atomic E-state index is -3.30. The molecule has 2 atom stereocenters. The normalized spacial score (nSPS) is 20.5. The number of non-ortho nitro benzene ring substituents is 1. The number of nitro groups is 1. The van der Waals surface area contributed by atoms with Crippen molar-refractivity contribution in [1.82, 2.24) is 0 Å². The molecule has 164 valence electrons. The Kier molecular flexibility index (Phi) is 5.70. The predicted molar refractivity (Wildman–Crippen MR) is 118 cm³/mol. The summed E-state index contributed by atoms with van der Waals surface area (Å²) < 4.78 is 24.0. The zero-order valence-corrected chi connectivity index (χ0v) is 18.1. The number of hydrogen-bond donors (Lipinski definition) is 1. The van der Waals surface area contributed by atoms with Crippen LogP contribution in [0.2, 0.25) is 0 Å². The third-order valence-corrected chi connectivity index (χ3v) is 7.99. The number of nitrogens with one attached hydrogen (secondary N) is 1. The first-order chi connectivity index (χ1) is 14.8. The molecular formula is C22H25N3O5S. The molecule has 31 heavy (non-hydrogen) atoms. The molecule has 9 heteroatoms. The number of benzene rings is 2. The van der Waals surface area contributed by atoms with Gasteiger partial charge in [0.2, 0.25) is 5.91 Å². The van der Waals surface area contributed by atoms with Crippen molar-refractivity contribution in [2.24, 2.45) is 5.92 Å². The van der Waals surface area contributed by atoms with E-state index >= 15 is 0 Å². The molecular weight excluding hydrogens is 418 g/mol. The van der Waals surface area contributed by atoms with Gasteiger partial charge in [0, 0.05) is 36.1 Å². The summed E-state index contributed by atoms with van der Waals surface area (Å²) in [6, 6.07) is 11.1. The number of carbonyl (C=O) groups excluding carboxylic acids is 1. The van der Waals surface area contributed by atoms with Gasteiger partial charge in [0.05, 0.1) is 21.5 Å². The average molecular weight is 444 g/mol. The number of amides is 1. The molecule has 0 aromatic heterocycles. The highest BCUT2D eigenvalue weighted by Crippen LogP contribution is 2.40. The van der Waals surface area contributed by atoms with E-state index in [1.807, 2.05) is 0 Å². The summed E-state index contributed by atoms with van der Waals surface area (Å²) in [6.07, 6.45) is 3.39. The zero-order chi connectivity index (χ0) is 22.2. The number of piperidine rings is 1. The standard InChI is InChI=1S/C22H25N3O5S/c1-2-31(29,30)18-9-6-16(7-10-18)23-22(26)19-14-15-13-17(25(27)28)8-11-20(15)24-12-4-3-5-21(19)24/h6-11,13,19,21H,2-5,12,14H2,1H3,(H,23,26). The van der Waals surface area contributed by atoms with E-state index in [1.54, 1.807) is 31.2 Å². The third-order valence-electron chi connectivity index (χ3n) is 6.23. The maximum absolute atomic E-state index is 13.2. The number of anilines is 2. The van der Waals surface area contributed by atoms with Gasteiger partial charge in [0.25, 0.3) is 5.69 Å². The molecule has 2 aliphatic rings. The molecule has 2 aromatic carbocycles. The molecule has 0 aliphatic carbocycles. The lowest BCUT2D eigenvalue weighted by Crippen LogP contribution is -2.51. The second-order valence-corrected chi connectivity index (χ2v) is 10.3. The van der Waals surface area contributed by atoms with Gasteiger partial charge in [-0.1, -0.05) is 6.92 Å². The molecule has 2 unspecified atom stereocenters. The summed E-state index contributed by atoms with van der Waals surface area (Å²) in [5.41, 5.74) is 2.36. The Morgan fingerprint density at radius 3 is 2.61 bits per heavy atom. The van der Waals surface area contributed by atoms with E-state index in [0.717, 1.165) is 37.1 Å². The summed E-state index contributed by atoms with van der Waals surface area (Å²) in [7, 11) is -3.30. The van der Waals surface area contributed by atoms with Crippen LogP contribution in [0.1, 0.15) is 31.7 Å². The van der Waals surface area contributed by atoms with E-state index in [-0.39, 0.29) is 34.2 Å². The van der Waals surface area contributed by atoms with Gasteiger partial charge in [-0.3, -0.25) is 14.9 Å². The fourth-order valence-electron chi connectivity index (χ4n) is 4.59. The molecule has 2 aromatic rings. The van der Waals surface area contributed by atoms with Gasteiger partial charge in [-0.05, 0) is 61.6 Å². The topological polar surface area (TPSA) is 110 Å². The van der Waals surface area contributed by atoms with Gasteiger partial charge >= 0.3 is 0 Å². The van der Waals surface area contributed by atoms with Crippen LogP contribution in [0, 0.1) is 16.0 Å². The van der Waals surface area contributed by atoms with Crippen LogP contribution >= 0.6 is 0 Å². The smallest absolute Gasteiger partial charge is 0.269 e. The molecule has 2 heterocycles. The number of carbonyl (C=O) groups is 1. The lowest BCUT2D eigenvalue weighted by Gasteiger charge is -2.45.